The second-order valence-electron chi connectivity index (χ2n) is 5.01. The Bertz CT molecular complexity index is 612. The van der Waals surface area contributed by atoms with Gasteiger partial charge in [-0.05, 0) is 41.1 Å². The Balaban J connectivity index is 1.85. The lowest BCUT2D eigenvalue weighted by molar-refractivity contribution is 0.185. The van der Waals surface area contributed by atoms with E-state index in [1.807, 2.05) is 29.5 Å². The molecule has 2 N–H and O–H groups in total. The highest BCUT2D eigenvalue weighted by Gasteiger charge is 2.24. The molecular weight excluding hydrogens is 311 g/mol. The van der Waals surface area contributed by atoms with Crippen LogP contribution in [0.2, 0.25) is 10.0 Å². The molecule has 2 nitrogen and oxygen atoms in total. The Kier molecular flexibility index (Phi) is 4.34. The summed E-state index contributed by atoms with van der Waals surface area (Å²) in [6, 6.07) is 8.22. The summed E-state index contributed by atoms with van der Waals surface area (Å²) < 4.78 is 0. The normalized spacial score (nSPS) is 16.9. The van der Waals surface area contributed by atoms with Gasteiger partial charge in [-0.2, -0.15) is 0 Å². The van der Waals surface area contributed by atoms with Gasteiger partial charge in [0.25, 0.3) is 0 Å². The van der Waals surface area contributed by atoms with Gasteiger partial charge in [0.2, 0.25) is 0 Å². The van der Waals surface area contributed by atoms with E-state index in [1.165, 1.54) is 10.4 Å². The summed E-state index contributed by atoms with van der Waals surface area (Å²) in [5, 5.41) is 3.35. The lowest BCUT2D eigenvalue weighted by atomic mass is 10.0. The van der Waals surface area contributed by atoms with Gasteiger partial charge in [0.15, 0.2) is 0 Å². The summed E-state index contributed by atoms with van der Waals surface area (Å²) in [6.45, 7) is 2.58. The maximum Gasteiger partial charge on any atom is 0.0595 e. The third-order valence-electron chi connectivity index (χ3n) is 3.83. The van der Waals surface area contributed by atoms with Crippen LogP contribution in [0.15, 0.2) is 29.6 Å². The summed E-state index contributed by atoms with van der Waals surface area (Å²) in [5.74, 6) is 0. The van der Waals surface area contributed by atoms with Crippen molar-refractivity contribution in [3.8, 4) is 0 Å². The summed E-state index contributed by atoms with van der Waals surface area (Å²) in [4.78, 5) is 3.93. The highest BCUT2D eigenvalue weighted by molar-refractivity contribution is 7.10. The fraction of sp³-hybridized carbons (Fsp3) is 0.333. The molecule has 1 atom stereocenters. The first-order chi connectivity index (χ1) is 9.69. The largest absolute Gasteiger partial charge is 0.329 e. The molecule has 1 aliphatic heterocycles. The summed E-state index contributed by atoms with van der Waals surface area (Å²) in [7, 11) is 0. The van der Waals surface area contributed by atoms with Crippen LogP contribution >= 0.6 is 34.5 Å². The molecule has 0 bridgehead atoms. The fourth-order valence-electron chi connectivity index (χ4n) is 2.75. The second kappa shape index (κ2) is 6.04. The number of rotatable bonds is 3. The van der Waals surface area contributed by atoms with Gasteiger partial charge in [0.05, 0.1) is 10.0 Å². The molecule has 2 aromatic rings. The van der Waals surface area contributed by atoms with Gasteiger partial charge in [-0.1, -0.05) is 29.3 Å². The number of nitrogens with two attached hydrogens (primary N) is 1. The van der Waals surface area contributed by atoms with Crippen molar-refractivity contribution in [2.75, 3.05) is 13.1 Å². The second-order valence-corrected chi connectivity index (χ2v) is 6.83. The summed E-state index contributed by atoms with van der Waals surface area (Å²) in [6.07, 6.45) is 1.10. The van der Waals surface area contributed by atoms with E-state index in [-0.39, 0.29) is 6.04 Å². The lowest BCUT2D eigenvalue weighted by Gasteiger charge is -2.34. The van der Waals surface area contributed by atoms with Crippen LogP contribution in [0.4, 0.5) is 0 Å². The van der Waals surface area contributed by atoms with Crippen LogP contribution < -0.4 is 5.73 Å². The van der Waals surface area contributed by atoms with Crippen LogP contribution in [0.1, 0.15) is 22.0 Å². The van der Waals surface area contributed by atoms with Crippen molar-refractivity contribution in [2.24, 2.45) is 5.73 Å². The molecular formula is C15H16Cl2N2S. The molecule has 0 saturated heterocycles. The maximum atomic E-state index is 6.13. The zero-order valence-corrected chi connectivity index (χ0v) is 13.3. The zero-order valence-electron chi connectivity index (χ0n) is 11.0. The topological polar surface area (TPSA) is 29.3 Å². The molecule has 0 radical (unpaired) electrons. The zero-order chi connectivity index (χ0) is 14.1. The van der Waals surface area contributed by atoms with Crippen LogP contribution in [-0.4, -0.2) is 18.0 Å². The molecule has 0 aliphatic carbocycles. The van der Waals surface area contributed by atoms with Gasteiger partial charge in [-0.15, -0.1) is 11.3 Å². The highest BCUT2D eigenvalue weighted by atomic mass is 35.5. The average Bonchev–Trinajstić information content (AvgIpc) is 2.91. The lowest BCUT2D eigenvalue weighted by Crippen LogP contribution is -2.37. The van der Waals surface area contributed by atoms with Gasteiger partial charge < -0.3 is 5.73 Å². The van der Waals surface area contributed by atoms with Crippen molar-refractivity contribution in [1.82, 2.24) is 4.90 Å². The first-order valence-corrected chi connectivity index (χ1v) is 8.27. The Morgan fingerprint density at radius 2 is 2.10 bits per heavy atom. The number of thiophene rings is 1. The van der Waals surface area contributed by atoms with Crippen LogP contribution in [0, 0.1) is 0 Å². The third kappa shape index (κ3) is 2.74. The first-order valence-electron chi connectivity index (χ1n) is 6.63. The molecule has 1 aliphatic rings. The predicted octanol–water partition coefficient (Wildman–Crippen LogP) is 4.11. The molecule has 3 rings (SSSR count). The molecule has 2 heterocycles. The molecule has 0 saturated carbocycles. The van der Waals surface area contributed by atoms with Crippen LogP contribution in [0.5, 0.6) is 0 Å². The van der Waals surface area contributed by atoms with Crippen LogP contribution in [-0.2, 0) is 13.0 Å². The standard InChI is InChI=1S/C15H16Cl2N2S/c16-12-2-1-10(7-13(12)17)14(8-18)19-5-3-15-11(9-19)4-6-20-15/h1-2,4,6-7,14H,3,5,8-9,18H2. The van der Waals surface area contributed by atoms with Gasteiger partial charge in [-0.25, -0.2) is 0 Å². The summed E-state index contributed by atoms with van der Waals surface area (Å²) in [5.41, 5.74) is 8.57. The molecule has 1 aromatic heterocycles. The predicted molar refractivity (Wildman–Crippen MR) is 86.7 cm³/mol. The Labute approximate surface area is 133 Å². The quantitative estimate of drug-likeness (QED) is 0.919. The fourth-order valence-corrected chi connectivity index (χ4v) is 3.95. The molecule has 20 heavy (non-hydrogen) atoms. The number of benzene rings is 1. The van der Waals surface area contributed by atoms with E-state index in [2.05, 4.69) is 16.3 Å². The summed E-state index contributed by atoms with van der Waals surface area (Å²) >= 11 is 14.0. The van der Waals surface area contributed by atoms with E-state index >= 15 is 0 Å². The number of halogens is 2. The molecule has 1 unspecified atom stereocenters. The van der Waals surface area contributed by atoms with E-state index in [9.17, 15) is 0 Å². The van der Waals surface area contributed by atoms with Crippen molar-refractivity contribution in [1.29, 1.82) is 0 Å². The van der Waals surface area contributed by atoms with Crippen LogP contribution in [0.25, 0.3) is 0 Å². The number of fused-ring (bicyclic) bond motifs is 1. The van der Waals surface area contributed by atoms with E-state index < -0.39 is 0 Å². The Hall–Kier alpha value is -0.580. The van der Waals surface area contributed by atoms with Crippen molar-refractivity contribution in [3.05, 3.63) is 55.7 Å². The molecule has 106 valence electrons. The Morgan fingerprint density at radius 1 is 1.25 bits per heavy atom. The van der Waals surface area contributed by atoms with Crippen LogP contribution in [0.3, 0.4) is 0 Å². The van der Waals surface area contributed by atoms with Gasteiger partial charge in [-0.3, -0.25) is 4.90 Å². The van der Waals surface area contributed by atoms with Crippen molar-refractivity contribution in [2.45, 2.75) is 19.0 Å². The van der Waals surface area contributed by atoms with E-state index in [0.717, 1.165) is 25.1 Å². The van der Waals surface area contributed by atoms with E-state index in [0.29, 0.717) is 16.6 Å². The molecule has 5 heteroatoms. The van der Waals surface area contributed by atoms with E-state index in [4.69, 9.17) is 28.9 Å². The Morgan fingerprint density at radius 3 is 2.85 bits per heavy atom. The molecule has 0 fully saturated rings. The van der Waals surface area contributed by atoms with E-state index in [1.54, 1.807) is 0 Å². The maximum absolute atomic E-state index is 6.13. The molecule has 0 amide bonds. The van der Waals surface area contributed by atoms with Gasteiger partial charge >= 0.3 is 0 Å². The third-order valence-corrected chi connectivity index (χ3v) is 5.59. The minimum absolute atomic E-state index is 0.192. The minimum atomic E-state index is 0.192. The monoisotopic (exact) mass is 326 g/mol. The molecule has 0 spiro atoms. The highest BCUT2D eigenvalue weighted by Crippen LogP contribution is 2.32. The SMILES string of the molecule is NCC(c1ccc(Cl)c(Cl)c1)N1CCc2sccc2C1. The molecule has 1 aromatic carbocycles. The van der Waals surface area contributed by atoms with Crippen molar-refractivity contribution in [3.63, 3.8) is 0 Å². The van der Waals surface area contributed by atoms with Crippen molar-refractivity contribution < 1.29 is 0 Å². The number of hydrogen-bond acceptors (Lipinski definition) is 3. The average molecular weight is 327 g/mol. The van der Waals surface area contributed by atoms with Crippen molar-refractivity contribution >= 4 is 34.5 Å². The first kappa shape index (κ1) is 14.4. The number of nitrogens with zero attached hydrogens (tertiary/aromatic N) is 1. The van der Waals surface area contributed by atoms with Gasteiger partial charge in [0, 0.05) is 30.6 Å². The number of hydrogen-bond donors (Lipinski definition) is 1. The smallest absolute Gasteiger partial charge is 0.0595 e. The van der Waals surface area contributed by atoms with Gasteiger partial charge in [0.1, 0.15) is 0 Å². The minimum Gasteiger partial charge on any atom is -0.329 e.